The van der Waals surface area contributed by atoms with E-state index >= 15 is 0 Å². The molecule has 0 spiro atoms. The molecule has 0 aliphatic carbocycles. The minimum absolute atomic E-state index is 0.0385. The van der Waals surface area contributed by atoms with E-state index in [1.165, 1.54) is 0 Å². The third-order valence-electron chi connectivity index (χ3n) is 5.32. The van der Waals surface area contributed by atoms with Crippen LogP contribution in [0.1, 0.15) is 24.2 Å². The Bertz CT molecular complexity index is 865. The van der Waals surface area contributed by atoms with Crippen LogP contribution in [0.4, 0.5) is 0 Å². The summed E-state index contributed by atoms with van der Waals surface area (Å²) in [7, 11) is 3.18. The molecule has 1 saturated heterocycles. The van der Waals surface area contributed by atoms with Gasteiger partial charge in [0.1, 0.15) is 17.3 Å². The molecule has 26 heavy (non-hydrogen) atoms. The number of hydrogen-bond acceptors (Lipinski definition) is 5. The zero-order valence-corrected chi connectivity index (χ0v) is 14.9. The van der Waals surface area contributed by atoms with Crippen LogP contribution in [0.2, 0.25) is 0 Å². The lowest BCUT2D eigenvalue weighted by Gasteiger charge is -2.28. The zero-order valence-electron chi connectivity index (χ0n) is 14.9. The maximum absolute atomic E-state index is 13.1. The van der Waals surface area contributed by atoms with Crippen LogP contribution in [0.15, 0.2) is 23.0 Å². The molecule has 2 aliphatic heterocycles. The smallest absolute Gasteiger partial charge is 0.343 e. The average Bonchev–Trinajstić information content (AvgIpc) is 3.13. The first-order chi connectivity index (χ1) is 12.6. The fourth-order valence-corrected chi connectivity index (χ4v) is 4.10. The fraction of sp³-hybridized carbons (Fsp3) is 0.500. The molecular weight excluding hydrogens is 336 g/mol. The minimum Gasteiger partial charge on any atom is -0.497 e. The molecular formula is C18H22N4O4. The second-order valence-electron chi connectivity index (χ2n) is 6.84. The molecule has 1 amide bonds. The SMILES string of the molecule is COc1cc(CC(=O)N2[C@@H]3CC[C@H]2Cc2n[nH]c(=O)n2C3)cc(OC)c1. The summed E-state index contributed by atoms with van der Waals surface area (Å²) in [5.74, 6) is 2.13. The van der Waals surface area contributed by atoms with E-state index in [2.05, 4.69) is 10.2 Å². The van der Waals surface area contributed by atoms with Gasteiger partial charge in [0.25, 0.3) is 0 Å². The topological polar surface area (TPSA) is 89.5 Å². The summed E-state index contributed by atoms with van der Waals surface area (Å²) in [5, 5.41) is 6.62. The van der Waals surface area contributed by atoms with Gasteiger partial charge in [-0.2, -0.15) is 5.10 Å². The minimum atomic E-state index is -0.197. The number of benzene rings is 1. The van der Waals surface area contributed by atoms with Gasteiger partial charge in [-0.1, -0.05) is 0 Å². The van der Waals surface area contributed by atoms with Crippen molar-refractivity contribution in [1.29, 1.82) is 0 Å². The summed E-state index contributed by atoms with van der Waals surface area (Å²) in [6.07, 6.45) is 2.75. The number of nitrogens with zero attached hydrogens (tertiary/aromatic N) is 3. The van der Waals surface area contributed by atoms with E-state index in [1.54, 1.807) is 24.9 Å². The summed E-state index contributed by atoms with van der Waals surface area (Å²) >= 11 is 0. The number of methoxy groups -OCH3 is 2. The second kappa shape index (κ2) is 6.51. The van der Waals surface area contributed by atoms with Crippen molar-refractivity contribution in [2.75, 3.05) is 14.2 Å². The van der Waals surface area contributed by atoms with E-state index < -0.39 is 0 Å². The molecule has 8 heteroatoms. The van der Waals surface area contributed by atoms with Crippen LogP contribution in [-0.2, 0) is 24.2 Å². The largest absolute Gasteiger partial charge is 0.497 e. The zero-order chi connectivity index (χ0) is 18.3. The molecule has 2 bridgehead atoms. The number of carbonyl (C=O) groups excluding carboxylic acids is 1. The Balaban J connectivity index is 1.57. The maximum atomic E-state index is 13.1. The molecule has 3 heterocycles. The van der Waals surface area contributed by atoms with E-state index in [0.29, 0.717) is 24.5 Å². The number of carbonyl (C=O) groups is 1. The standard InChI is InChI=1S/C18H22N4O4/c1-25-14-5-11(6-15(9-14)26-2)7-17(23)22-12-3-4-13(22)10-21-16(8-12)19-20-18(21)24/h5-6,9,12-13H,3-4,7-8,10H2,1-2H3,(H,20,24)/t12-,13+/m0/s1. The molecule has 1 aromatic heterocycles. The first-order valence-corrected chi connectivity index (χ1v) is 8.76. The van der Waals surface area contributed by atoms with Gasteiger partial charge in [0.05, 0.1) is 26.7 Å². The highest BCUT2D eigenvalue weighted by molar-refractivity contribution is 5.80. The van der Waals surface area contributed by atoms with Crippen LogP contribution in [0.3, 0.4) is 0 Å². The number of aromatic nitrogens is 3. The van der Waals surface area contributed by atoms with Crippen LogP contribution in [0.5, 0.6) is 11.5 Å². The van der Waals surface area contributed by atoms with E-state index in [1.807, 2.05) is 17.0 Å². The van der Waals surface area contributed by atoms with Crippen molar-refractivity contribution in [3.8, 4) is 11.5 Å². The van der Waals surface area contributed by atoms with Crippen LogP contribution >= 0.6 is 0 Å². The van der Waals surface area contributed by atoms with Gasteiger partial charge in [-0.25, -0.2) is 9.89 Å². The van der Waals surface area contributed by atoms with Crippen molar-refractivity contribution in [1.82, 2.24) is 19.7 Å². The predicted octanol–water partition coefficient (Wildman–Crippen LogP) is 0.747. The third-order valence-corrected chi connectivity index (χ3v) is 5.32. The summed E-state index contributed by atoms with van der Waals surface area (Å²) in [5.41, 5.74) is 0.655. The Morgan fingerprint density at radius 1 is 1.19 bits per heavy atom. The molecule has 2 aliphatic rings. The fourth-order valence-electron chi connectivity index (χ4n) is 4.10. The number of ether oxygens (including phenoxy) is 2. The molecule has 1 N–H and O–H groups in total. The molecule has 4 rings (SSSR count). The van der Waals surface area contributed by atoms with Gasteiger partial charge in [-0.15, -0.1) is 0 Å². The molecule has 8 nitrogen and oxygen atoms in total. The van der Waals surface area contributed by atoms with Gasteiger partial charge in [0.2, 0.25) is 5.91 Å². The molecule has 1 aromatic carbocycles. The maximum Gasteiger partial charge on any atom is 0.343 e. The lowest BCUT2D eigenvalue weighted by molar-refractivity contribution is -0.133. The molecule has 2 aromatic rings. The highest BCUT2D eigenvalue weighted by atomic mass is 16.5. The Morgan fingerprint density at radius 3 is 2.58 bits per heavy atom. The quantitative estimate of drug-likeness (QED) is 0.871. The van der Waals surface area contributed by atoms with E-state index in [4.69, 9.17) is 9.47 Å². The van der Waals surface area contributed by atoms with Gasteiger partial charge in [-0.3, -0.25) is 9.36 Å². The lowest BCUT2D eigenvalue weighted by atomic mass is 10.1. The van der Waals surface area contributed by atoms with Gasteiger partial charge in [0, 0.05) is 25.1 Å². The molecule has 0 unspecified atom stereocenters. The molecule has 0 saturated carbocycles. The van der Waals surface area contributed by atoms with Crippen LogP contribution in [0.25, 0.3) is 0 Å². The normalized spacial score (nSPS) is 21.2. The molecule has 138 valence electrons. The number of amides is 1. The number of aromatic amines is 1. The highest BCUT2D eigenvalue weighted by Gasteiger charge is 2.40. The van der Waals surface area contributed by atoms with Crippen molar-refractivity contribution in [2.24, 2.45) is 0 Å². The first kappa shape index (κ1) is 16.7. The van der Waals surface area contributed by atoms with Crippen LogP contribution in [-0.4, -0.2) is 51.9 Å². The van der Waals surface area contributed by atoms with E-state index in [-0.39, 0.29) is 30.1 Å². The Morgan fingerprint density at radius 2 is 1.88 bits per heavy atom. The van der Waals surface area contributed by atoms with E-state index in [9.17, 15) is 9.59 Å². The van der Waals surface area contributed by atoms with Gasteiger partial charge in [0.15, 0.2) is 0 Å². The van der Waals surface area contributed by atoms with Crippen molar-refractivity contribution >= 4 is 5.91 Å². The third kappa shape index (κ3) is 2.85. The molecule has 0 radical (unpaired) electrons. The summed E-state index contributed by atoms with van der Waals surface area (Å²) < 4.78 is 12.2. The average molecular weight is 358 g/mol. The summed E-state index contributed by atoms with van der Waals surface area (Å²) in [6, 6.07) is 5.63. The number of hydrogen-bond donors (Lipinski definition) is 1. The van der Waals surface area contributed by atoms with Crippen molar-refractivity contribution in [3.05, 3.63) is 40.1 Å². The summed E-state index contributed by atoms with van der Waals surface area (Å²) in [6.45, 7) is 0.508. The Kier molecular flexibility index (Phi) is 4.18. The Labute approximate surface area is 150 Å². The Hall–Kier alpha value is -2.77. The number of rotatable bonds is 4. The lowest BCUT2D eigenvalue weighted by Crippen LogP contribution is -2.43. The number of H-pyrrole nitrogens is 1. The van der Waals surface area contributed by atoms with Crippen LogP contribution < -0.4 is 15.2 Å². The predicted molar refractivity (Wildman–Crippen MR) is 93.5 cm³/mol. The molecule has 1 fully saturated rings. The van der Waals surface area contributed by atoms with Gasteiger partial charge in [-0.05, 0) is 30.5 Å². The number of nitrogens with one attached hydrogen (secondary N) is 1. The van der Waals surface area contributed by atoms with Crippen LogP contribution in [0, 0.1) is 0 Å². The molecule has 2 atom stereocenters. The van der Waals surface area contributed by atoms with Gasteiger partial charge >= 0.3 is 5.69 Å². The summed E-state index contributed by atoms with van der Waals surface area (Å²) in [4.78, 5) is 26.9. The highest BCUT2D eigenvalue weighted by Crippen LogP contribution is 2.31. The monoisotopic (exact) mass is 358 g/mol. The van der Waals surface area contributed by atoms with Crippen molar-refractivity contribution in [3.63, 3.8) is 0 Å². The first-order valence-electron chi connectivity index (χ1n) is 8.76. The second-order valence-corrected chi connectivity index (χ2v) is 6.84. The van der Waals surface area contributed by atoms with E-state index in [0.717, 1.165) is 24.2 Å². The number of fused-ring (bicyclic) bond motifs is 3. The van der Waals surface area contributed by atoms with Crippen molar-refractivity contribution in [2.45, 2.75) is 44.3 Å². The van der Waals surface area contributed by atoms with Crippen molar-refractivity contribution < 1.29 is 14.3 Å². The van der Waals surface area contributed by atoms with Gasteiger partial charge < -0.3 is 14.4 Å².